The van der Waals surface area contributed by atoms with Gasteiger partial charge in [-0.05, 0) is 37.4 Å². The van der Waals surface area contributed by atoms with Gasteiger partial charge in [0.2, 0.25) is 0 Å². The average molecular weight is 248 g/mol. The van der Waals surface area contributed by atoms with Crippen molar-refractivity contribution in [2.75, 3.05) is 6.54 Å². The number of nitrogens with zero attached hydrogens (tertiary/aromatic N) is 1. The van der Waals surface area contributed by atoms with Gasteiger partial charge in [-0.1, -0.05) is 36.5 Å². The van der Waals surface area contributed by atoms with Crippen LogP contribution in [0.4, 0.5) is 0 Å². The van der Waals surface area contributed by atoms with Crippen molar-refractivity contribution in [2.24, 2.45) is 5.73 Å². The lowest BCUT2D eigenvalue weighted by Crippen LogP contribution is -2.35. The average Bonchev–Trinajstić information content (AvgIpc) is 2.49. The van der Waals surface area contributed by atoms with Crippen molar-refractivity contribution in [3.05, 3.63) is 35.4 Å². The van der Waals surface area contributed by atoms with Gasteiger partial charge in [0, 0.05) is 19.0 Å². The molecule has 2 nitrogen and oxygen atoms in total. The Balaban J connectivity index is 2.10. The van der Waals surface area contributed by atoms with E-state index in [-0.39, 0.29) is 0 Å². The zero-order valence-electron chi connectivity index (χ0n) is 10.4. The molecule has 0 amide bonds. The van der Waals surface area contributed by atoms with E-state index in [0.717, 1.165) is 19.5 Å². The lowest BCUT2D eigenvalue weighted by molar-refractivity contribution is 0.207. The lowest BCUT2D eigenvalue weighted by atomic mass is 10.0. The number of rotatable bonds is 3. The number of fused-ring (bicyclic) bond motifs is 1. The van der Waals surface area contributed by atoms with E-state index in [0.29, 0.717) is 11.0 Å². The molecule has 0 bridgehead atoms. The van der Waals surface area contributed by atoms with E-state index in [1.807, 2.05) is 0 Å². The number of thiocarbonyl (C=S) groups is 1. The van der Waals surface area contributed by atoms with Crippen LogP contribution in [0.3, 0.4) is 0 Å². The minimum Gasteiger partial charge on any atom is -0.393 e. The van der Waals surface area contributed by atoms with Crippen molar-refractivity contribution in [3.63, 3.8) is 0 Å². The SMILES string of the molecule is CC(CC(N)=S)N1CCCc2ccccc2C1. The van der Waals surface area contributed by atoms with Gasteiger partial charge in [-0.2, -0.15) is 0 Å². The van der Waals surface area contributed by atoms with E-state index in [1.165, 1.54) is 24.0 Å². The predicted molar refractivity (Wildman–Crippen MR) is 76.0 cm³/mol. The normalized spacial score (nSPS) is 18.2. The van der Waals surface area contributed by atoms with Gasteiger partial charge in [0.25, 0.3) is 0 Å². The van der Waals surface area contributed by atoms with Crippen molar-refractivity contribution in [2.45, 2.75) is 38.8 Å². The molecule has 2 rings (SSSR count). The summed E-state index contributed by atoms with van der Waals surface area (Å²) in [6, 6.07) is 9.18. The summed E-state index contributed by atoms with van der Waals surface area (Å²) >= 11 is 5.00. The highest BCUT2D eigenvalue weighted by molar-refractivity contribution is 7.80. The molecule has 2 N–H and O–H groups in total. The van der Waals surface area contributed by atoms with E-state index in [4.69, 9.17) is 18.0 Å². The van der Waals surface area contributed by atoms with Gasteiger partial charge in [-0.15, -0.1) is 0 Å². The fourth-order valence-corrected chi connectivity index (χ4v) is 2.76. The van der Waals surface area contributed by atoms with Crippen LogP contribution >= 0.6 is 12.2 Å². The highest BCUT2D eigenvalue weighted by Crippen LogP contribution is 2.20. The second kappa shape index (κ2) is 5.61. The summed E-state index contributed by atoms with van der Waals surface area (Å²) in [5, 5.41) is 0. The van der Waals surface area contributed by atoms with E-state index in [9.17, 15) is 0 Å². The minimum absolute atomic E-state index is 0.443. The number of hydrogen-bond acceptors (Lipinski definition) is 2. The van der Waals surface area contributed by atoms with Crippen molar-refractivity contribution >= 4 is 17.2 Å². The van der Waals surface area contributed by atoms with Gasteiger partial charge in [-0.25, -0.2) is 0 Å². The molecule has 92 valence electrons. The monoisotopic (exact) mass is 248 g/mol. The molecule has 1 aliphatic heterocycles. The van der Waals surface area contributed by atoms with Gasteiger partial charge < -0.3 is 5.73 Å². The van der Waals surface area contributed by atoms with Gasteiger partial charge in [-0.3, -0.25) is 4.90 Å². The first kappa shape index (κ1) is 12.5. The smallest absolute Gasteiger partial charge is 0.0742 e. The summed E-state index contributed by atoms with van der Waals surface area (Å²) in [7, 11) is 0. The largest absolute Gasteiger partial charge is 0.393 e. The van der Waals surface area contributed by atoms with Gasteiger partial charge in [0.1, 0.15) is 0 Å². The molecule has 0 spiro atoms. The molecule has 3 heteroatoms. The van der Waals surface area contributed by atoms with Crippen LogP contribution in [-0.2, 0) is 13.0 Å². The Morgan fingerprint density at radius 3 is 2.82 bits per heavy atom. The Labute approximate surface area is 109 Å². The molecule has 1 aromatic rings. The lowest BCUT2D eigenvalue weighted by Gasteiger charge is -2.27. The van der Waals surface area contributed by atoms with Crippen molar-refractivity contribution in [1.29, 1.82) is 0 Å². The van der Waals surface area contributed by atoms with Crippen LogP contribution in [0.15, 0.2) is 24.3 Å². The summed E-state index contributed by atoms with van der Waals surface area (Å²) < 4.78 is 0. The zero-order valence-corrected chi connectivity index (χ0v) is 11.2. The summed E-state index contributed by atoms with van der Waals surface area (Å²) in [6.45, 7) is 4.38. The van der Waals surface area contributed by atoms with Crippen LogP contribution < -0.4 is 5.73 Å². The summed E-state index contributed by atoms with van der Waals surface area (Å²) in [4.78, 5) is 3.11. The molecule has 0 aliphatic carbocycles. The van der Waals surface area contributed by atoms with Crippen molar-refractivity contribution < 1.29 is 0 Å². The zero-order chi connectivity index (χ0) is 12.3. The van der Waals surface area contributed by atoms with Gasteiger partial charge in [0.15, 0.2) is 0 Å². The molecule has 17 heavy (non-hydrogen) atoms. The van der Waals surface area contributed by atoms with Crippen molar-refractivity contribution in [1.82, 2.24) is 4.90 Å². The molecule has 1 aromatic carbocycles. The molecule has 0 saturated heterocycles. The minimum atomic E-state index is 0.443. The molecule has 0 radical (unpaired) electrons. The predicted octanol–water partition coefficient (Wildman–Crippen LogP) is 2.50. The number of aryl methyl sites for hydroxylation is 1. The van der Waals surface area contributed by atoms with Crippen LogP contribution in [0.1, 0.15) is 30.9 Å². The van der Waals surface area contributed by atoms with Crippen LogP contribution in [0.25, 0.3) is 0 Å². The second-order valence-corrected chi connectivity index (χ2v) is 5.39. The van der Waals surface area contributed by atoms with Crippen LogP contribution in [-0.4, -0.2) is 22.5 Å². The first-order valence-electron chi connectivity index (χ1n) is 6.26. The quantitative estimate of drug-likeness (QED) is 0.833. The maximum absolute atomic E-state index is 5.64. The fourth-order valence-electron chi connectivity index (χ4n) is 2.52. The van der Waals surface area contributed by atoms with Crippen LogP contribution in [0.2, 0.25) is 0 Å². The molecular formula is C14H20N2S. The summed E-state index contributed by atoms with van der Waals surface area (Å²) in [5.74, 6) is 0. The van der Waals surface area contributed by atoms with Crippen LogP contribution in [0.5, 0.6) is 0 Å². The molecule has 1 aliphatic rings. The van der Waals surface area contributed by atoms with Gasteiger partial charge >= 0.3 is 0 Å². The van der Waals surface area contributed by atoms with Gasteiger partial charge in [0.05, 0.1) is 4.99 Å². The molecule has 1 heterocycles. The van der Waals surface area contributed by atoms with Crippen LogP contribution in [0, 0.1) is 0 Å². The molecule has 0 aromatic heterocycles. The van der Waals surface area contributed by atoms with E-state index in [1.54, 1.807) is 0 Å². The molecule has 1 unspecified atom stereocenters. The Hall–Kier alpha value is -0.930. The Bertz CT molecular complexity index is 403. The van der Waals surface area contributed by atoms with E-state index in [2.05, 4.69) is 36.1 Å². The highest BCUT2D eigenvalue weighted by atomic mass is 32.1. The number of hydrogen-bond donors (Lipinski definition) is 1. The third-order valence-corrected chi connectivity index (χ3v) is 3.67. The summed E-state index contributed by atoms with van der Waals surface area (Å²) in [5.41, 5.74) is 8.59. The Morgan fingerprint density at radius 1 is 1.41 bits per heavy atom. The molecule has 0 fully saturated rings. The first-order valence-corrected chi connectivity index (χ1v) is 6.67. The number of benzene rings is 1. The summed E-state index contributed by atoms with van der Waals surface area (Å²) in [6.07, 6.45) is 3.22. The standard InChI is InChI=1S/C14H20N2S/c1-11(9-14(15)17)16-8-4-7-12-5-2-3-6-13(12)10-16/h2-3,5-6,11H,4,7-10H2,1H3,(H2,15,17). The fraction of sp³-hybridized carbons (Fsp3) is 0.500. The maximum Gasteiger partial charge on any atom is 0.0742 e. The second-order valence-electron chi connectivity index (χ2n) is 4.86. The Kier molecular flexibility index (Phi) is 4.13. The van der Waals surface area contributed by atoms with Crippen molar-refractivity contribution in [3.8, 4) is 0 Å². The third-order valence-electron chi connectivity index (χ3n) is 3.50. The highest BCUT2D eigenvalue weighted by Gasteiger charge is 2.18. The Morgan fingerprint density at radius 2 is 2.12 bits per heavy atom. The molecule has 0 saturated carbocycles. The third kappa shape index (κ3) is 3.27. The number of nitrogens with two attached hydrogens (primary N) is 1. The first-order chi connectivity index (χ1) is 8.16. The topological polar surface area (TPSA) is 29.3 Å². The van der Waals surface area contributed by atoms with E-state index >= 15 is 0 Å². The molecule has 1 atom stereocenters. The maximum atomic E-state index is 5.64. The van der Waals surface area contributed by atoms with E-state index < -0.39 is 0 Å². The molecular weight excluding hydrogens is 228 g/mol.